The van der Waals surface area contributed by atoms with Gasteiger partial charge < -0.3 is 4.74 Å². The zero-order valence-corrected chi connectivity index (χ0v) is 12.4. The first kappa shape index (κ1) is 13.6. The third kappa shape index (κ3) is 3.23. The van der Waals surface area contributed by atoms with Gasteiger partial charge in [-0.25, -0.2) is 9.97 Å². The standard InChI is InChI=1S/C17H14N2OS/c1-20-15-9-5-6-10-16(15)21-17-18-12-11-14(19-17)13-7-3-2-4-8-13/h2-12H,1H3. The number of hydrogen-bond acceptors (Lipinski definition) is 4. The molecule has 0 aliphatic rings. The second kappa shape index (κ2) is 6.41. The van der Waals surface area contributed by atoms with E-state index in [0.717, 1.165) is 21.9 Å². The predicted molar refractivity (Wildman–Crippen MR) is 84.6 cm³/mol. The summed E-state index contributed by atoms with van der Waals surface area (Å²) in [5, 5.41) is 0.709. The summed E-state index contributed by atoms with van der Waals surface area (Å²) in [5.41, 5.74) is 2.00. The van der Waals surface area contributed by atoms with Crippen LogP contribution in [0.5, 0.6) is 5.75 Å². The van der Waals surface area contributed by atoms with Crippen molar-refractivity contribution in [2.24, 2.45) is 0 Å². The highest BCUT2D eigenvalue weighted by atomic mass is 32.2. The van der Waals surface area contributed by atoms with Crippen LogP contribution in [0.15, 0.2) is 76.9 Å². The van der Waals surface area contributed by atoms with Gasteiger partial charge in [-0.2, -0.15) is 0 Å². The Bertz CT molecular complexity index is 732. The molecule has 104 valence electrons. The molecule has 0 fully saturated rings. The number of aromatic nitrogens is 2. The number of rotatable bonds is 4. The molecule has 3 aromatic rings. The Morgan fingerprint density at radius 2 is 1.67 bits per heavy atom. The molecule has 0 atom stereocenters. The van der Waals surface area contributed by atoms with Crippen LogP contribution in [0.25, 0.3) is 11.3 Å². The van der Waals surface area contributed by atoms with Crippen LogP contribution in [0.4, 0.5) is 0 Å². The lowest BCUT2D eigenvalue weighted by atomic mass is 10.1. The van der Waals surface area contributed by atoms with E-state index in [1.165, 1.54) is 11.8 Å². The molecule has 4 heteroatoms. The highest BCUT2D eigenvalue weighted by molar-refractivity contribution is 7.99. The maximum atomic E-state index is 5.36. The SMILES string of the molecule is COc1ccccc1Sc1nccc(-c2ccccc2)n1. The summed E-state index contributed by atoms with van der Waals surface area (Å²) in [4.78, 5) is 9.95. The molecule has 0 spiro atoms. The summed E-state index contributed by atoms with van der Waals surface area (Å²) in [6.07, 6.45) is 1.78. The van der Waals surface area contributed by atoms with Crippen molar-refractivity contribution in [3.63, 3.8) is 0 Å². The van der Waals surface area contributed by atoms with E-state index in [-0.39, 0.29) is 0 Å². The molecule has 2 aromatic carbocycles. The van der Waals surface area contributed by atoms with Crippen molar-refractivity contribution in [1.29, 1.82) is 0 Å². The van der Waals surface area contributed by atoms with Crippen LogP contribution in [0.2, 0.25) is 0 Å². The Morgan fingerprint density at radius 1 is 0.905 bits per heavy atom. The summed E-state index contributed by atoms with van der Waals surface area (Å²) in [6.45, 7) is 0. The molecule has 3 rings (SSSR count). The van der Waals surface area contributed by atoms with Gasteiger partial charge in [-0.05, 0) is 30.0 Å². The van der Waals surface area contributed by atoms with Gasteiger partial charge in [-0.15, -0.1) is 0 Å². The molecular formula is C17H14N2OS. The first-order chi connectivity index (χ1) is 10.4. The number of methoxy groups -OCH3 is 1. The fourth-order valence-electron chi connectivity index (χ4n) is 1.96. The average molecular weight is 294 g/mol. The van der Waals surface area contributed by atoms with Gasteiger partial charge in [0.25, 0.3) is 0 Å². The molecule has 0 N–H and O–H groups in total. The van der Waals surface area contributed by atoms with Crippen LogP contribution >= 0.6 is 11.8 Å². The van der Waals surface area contributed by atoms with Gasteiger partial charge in [0.2, 0.25) is 0 Å². The smallest absolute Gasteiger partial charge is 0.193 e. The quantitative estimate of drug-likeness (QED) is 0.672. The summed E-state index contributed by atoms with van der Waals surface area (Å²) in [7, 11) is 1.67. The van der Waals surface area contributed by atoms with Crippen molar-refractivity contribution >= 4 is 11.8 Å². The number of ether oxygens (including phenoxy) is 1. The molecular weight excluding hydrogens is 280 g/mol. The van der Waals surface area contributed by atoms with E-state index in [2.05, 4.69) is 9.97 Å². The Kier molecular flexibility index (Phi) is 4.17. The van der Waals surface area contributed by atoms with E-state index in [4.69, 9.17) is 4.74 Å². The maximum Gasteiger partial charge on any atom is 0.193 e. The fraction of sp³-hybridized carbons (Fsp3) is 0.0588. The zero-order chi connectivity index (χ0) is 14.5. The van der Waals surface area contributed by atoms with E-state index >= 15 is 0 Å². The second-order valence-corrected chi connectivity index (χ2v) is 5.35. The Balaban J connectivity index is 1.90. The van der Waals surface area contributed by atoms with Gasteiger partial charge in [0, 0.05) is 11.8 Å². The van der Waals surface area contributed by atoms with Crippen LogP contribution in [0, 0.1) is 0 Å². The number of benzene rings is 2. The van der Waals surface area contributed by atoms with Crippen molar-refractivity contribution < 1.29 is 4.74 Å². The molecule has 0 aliphatic heterocycles. The molecule has 0 unspecified atom stereocenters. The number of para-hydroxylation sites is 1. The minimum atomic E-state index is 0.709. The van der Waals surface area contributed by atoms with Crippen LogP contribution < -0.4 is 4.74 Å². The third-order valence-electron chi connectivity index (χ3n) is 2.97. The van der Waals surface area contributed by atoms with Crippen molar-refractivity contribution in [2.45, 2.75) is 10.1 Å². The molecule has 0 saturated heterocycles. The summed E-state index contributed by atoms with van der Waals surface area (Å²) < 4.78 is 5.36. The summed E-state index contributed by atoms with van der Waals surface area (Å²) in [6, 6.07) is 19.9. The van der Waals surface area contributed by atoms with Crippen LogP contribution in [0.1, 0.15) is 0 Å². The largest absolute Gasteiger partial charge is 0.496 e. The van der Waals surface area contributed by atoms with Crippen LogP contribution in [-0.4, -0.2) is 17.1 Å². The Hall–Kier alpha value is -2.33. The Labute approximate surface area is 128 Å². The lowest BCUT2D eigenvalue weighted by molar-refractivity contribution is 0.405. The van der Waals surface area contributed by atoms with E-state index in [9.17, 15) is 0 Å². The topological polar surface area (TPSA) is 35.0 Å². The van der Waals surface area contributed by atoms with E-state index in [0.29, 0.717) is 5.16 Å². The fourth-order valence-corrected chi connectivity index (χ4v) is 2.81. The molecule has 0 radical (unpaired) electrons. The van der Waals surface area contributed by atoms with Gasteiger partial charge in [0.15, 0.2) is 5.16 Å². The molecule has 0 amide bonds. The highest BCUT2D eigenvalue weighted by Crippen LogP contribution is 2.33. The van der Waals surface area contributed by atoms with Gasteiger partial charge in [0.1, 0.15) is 5.75 Å². The highest BCUT2D eigenvalue weighted by Gasteiger charge is 2.07. The van der Waals surface area contributed by atoms with E-state index in [1.54, 1.807) is 13.3 Å². The first-order valence-corrected chi connectivity index (χ1v) is 7.38. The molecule has 0 saturated carbocycles. The zero-order valence-electron chi connectivity index (χ0n) is 11.6. The molecule has 1 aromatic heterocycles. The summed E-state index contributed by atoms with van der Waals surface area (Å²) in [5.74, 6) is 0.830. The average Bonchev–Trinajstić information content (AvgIpc) is 2.56. The van der Waals surface area contributed by atoms with Crippen LogP contribution in [0.3, 0.4) is 0 Å². The third-order valence-corrected chi connectivity index (χ3v) is 3.91. The molecule has 0 aliphatic carbocycles. The monoisotopic (exact) mass is 294 g/mol. The minimum absolute atomic E-state index is 0.709. The second-order valence-electron chi connectivity index (χ2n) is 4.34. The molecule has 0 bridgehead atoms. The van der Waals surface area contributed by atoms with Crippen molar-refractivity contribution in [2.75, 3.05) is 7.11 Å². The van der Waals surface area contributed by atoms with E-state index < -0.39 is 0 Å². The first-order valence-electron chi connectivity index (χ1n) is 6.56. The predicted octanol–water partition coefficient (Wildman–Crippen LogP) is 4.30. The number of hydrogen-bond donors (Lipinski definition) is 0. The lowest BCUT2D eigenvalue weighted by Gasteiger charge is -2.07. The summed E-state index contributed by atoms with van der Waals surface area (Å²) >= 11 is 1.50. The number of nitrogens with zero attached hydrogens (tertiary/aromatic N) is 2. The normalized spacial score (nSPS) is 10.3. The maximum absolute atomic E-state index is 5.36. The van der Waals surface area contributed by atoms with Crippen molar-refractivity contribution in [3.8, 4) is 17.0 Å². The van der Waals surface area contributed by atoms with Gasteiger partial charge in [0.05, 0.1) is 17.7 Å². The Morgan fingerprint density at radius 3 is 2.48 bits per heavy atom. The molecule has 1 heterocycles. The van der Waals surface area contributed by atoms with Gasteiger partial charge in [-0.1, -0.05) is 42.5 Å². The minimum Gasteiger partial charge on any atom is -0.496 e. The van der Waals surface area contributed by atoms with Crippen molar-refractivity contribution in [3.05, 3.63) is 66.9 Å². The molecule has 3 nitrogen and oxygen atoms in total. The van der Waals surface area contributed by atoms with Gasteiger partial charge in [-0.3, -0.25) is 0 Å². The van der Waals surface area contributed by atoms with E-state index in [1.807, 2.05) is 60.7 Å². The lowest BCUT2D eigenvalue weighted by Crippen LogP contribution is -1.91. The van der Waals surface area contributed by atoms with Crippen LogP contribution in [-0.2, 0) is 0 Å². The van der Waals surface area contributed by atoms with Gasteiger partial charge >= 0.3 is 0 Å². The molecule has 21 heavy (non-hydrogen) atoms. The van der Waals surface area contributed by atoms with Crippen molar-refractivity contribution in [1.82, 2.24) is 9.97 Å².